The van der Waals surface area contributed by atoms with Gasteiger partial charge in [0.2, 0.25) is 5.91 Å². The Bertz CT molecular complexity index is 841. The van der Waals surface area contributed by atoms with Crippen LogP contribution in [0, 0.1) is 0 Å². The number of carbonyl (C=O) groups is 2. The summed E-state index contributed by atoms with van der Waals surface area (Å²) in [6.45, 7) is 2.28. The number of methoxy groups -OCH3 is 1. The third-order valence-electron chi connectivity index (χ3n) is 4.28. The number of rotatable bonds is 4. The zero-order valence-corrected chi connectivity index (χ0v) is 15.3. The number of fused-ring (bicyclic) bond motifs is 1. The summed E-state index contributed by atoms with van der Waals surface area (Å²) in [7, 11) is 1.50. The van der Waals surface area contributed by atoms with E-state index in [1.165, 1.54) is 7.11 Å². The van der Waals surface area contributed by atoms with Crippen molar-refractivity contribution in [1.82, 2.24) is 5.32 Å². The Labute approximate surface area is 157 Å². The molecule has 0 saturated heterocycles. The number of hydrogen-bond donors (Lipinski definition) is 2. The lowest BCUT2D eigenvalue weighted by Gasteiger charge is -2.22. The Morgan fingerprint density at radius 3 is 2.77 bits per heavy atom. The Balaban J connectivity index is 1.65. The number of urea groups is 1. The van der Waals surface area contributed by atoms with Crippen molar-refractivity contribution in [1.29, 1.82) is 0 Å². The highest BCUT2D eigenvalue weighted by Gasteiger charge is 2.28. The van der Waals surface area contributed by atoms with Crippen molar-refractivity contribution in [3.8, 4) is 5.75 Å². The van der Waals surface area contributed by atoms with E-state index in [0.29, 0.717) is 23.0 Å². The van der Waals surface area contributed by atoms with Crippen molar-refractivity contribution in [3.05, 3.63) is 53.1 Å². The van der Waals surface area contributed by atoms with Crippen LogP contribution in [0.2, 0.25) is 5.02 Å². The van der Waals surface area contributed by atoms with Gasteiger partial charge in [0.15, 0.2) is 0 Å². The molecule has 1 aliphatic heterocycles. The number of nitrogens with one attached hydrogen (secondary N) is 2. The van der Waals surface area contributed by atoms with E-state index in [1.807, 2.05) is 24.3 Å². The SMILES string of the molecule is COc1ccc(Cl)cc1NC(=O)NC(C)C(=O)N1CCc2ccccc21. The van der Waals surface area contributed by atoms with Gasteiger partial charge in [0, 0.05) is 17.3 Å². The summed E-state index contributed by atoms with van der Waals surface area (Å²) in [4.78, 5) is 26.7. The first-order chi connectivity index (χ1) is 12.5. The van der Waals surface area contributed by atoms with Crippen molar-refractivity contribution in [3.63, 3.8) is 0 Å². The van der Waals surface area contributed by atoms with Crippen LogP contribution in [0.1, 0.15) is 12.5 Å². The maximum atomic E-state index is 12.7. The highest BCUT2D eigenvalue weighted by atomic mass is 35.5. The molecule has 0 aromatic heterocycles. The molecule has 0 spiro atoms. The van der Waals surface area contributed by atoms with Gasteiger partial charge in [0.05, 0.1) is 12.8 Å². The van der Waals surface area contributed by atoms with Crippen molar-refractivity contribution >= 4 is 34.9 Å². The molecule has 0 aliphatic carbocycles. The maximum Gasteiger partial charge on any atom is 0.319 e. The van der Waals surface area contributed by atoms with Gasteiger partial charge >= 0.3 is 6.03 Å². The fourth-order valence-electron chi connectivity index (χ4n) is 3.00. The molecule has 1 aliphatic rings. The molecule has 0 fully saturated rings. The van der Waals surface area contributed by atoms with E-state index in [9.17, 15) is 9.59 Å². The second-order valence-corrected chi connectivity index (χ2v) is 6.47. The molecule has 3 amide bonds. The fraction of sp³-hybridized carbons (Fsp3) is 0.263. The largest absolute Gasteiger partial charge is 0.495 e. The zero-order chi connectivity index (χ0) is 18.7. The Morgan fingerprint density at radius 1 is 1.23 bits per heavy atom. The van der Waals surface area contributed by atoms with Gasteiger partial charge in [-0.2, -0.15) is 0 Å². The topological polar surface area (TPSA) is 70.7 Å². The summed E-state index contributed by atoms with van der Waals surface area (Å²) in [5, 5.41) is 5.81. The van der Waals surface area contributed by atoms with E-state index in [4.69, 9.17) is 16.3 Å². The summed E-state index contributed by atoms with van der Waals surface area (Å²) in [6, 6.07) is 11.5. The summed E-state index contributed by atoms with van der Waals surface area (Å²) in [5.41, 5.74) is 2.48. The minimum Gasteiger partial charge on any atom is -0.495 e. The lowest BCUT2D eigenvalue weighted by Crippen LogP contribution is -2.47. The fourth-order valence-corrected chi connectivity index (χ4v) is 3.17. The van der Waals surface area contributed by atoms with Crippen molar-refractivity contribution in [2.24, 2.45) is 0 Å². The molecule has 6 nitrogen and oxygen atoms in total. The lowest BCUT2D eigenvalue weighted by molar-refractivity contribution is -0.119. The average molecular weight is 374 g/mol. The second-order valence-electron chi connectivity index (χ2n) is 6.03. The van der Waals surface area contributed by atoms with Crippen LogP contribution >= 0.6 is 11.6 Å². The van der Waals surface area contributed by atoms with Gasteiger partial charge in [-0.25, -0.2) is 4.79 Å². The highest BCUT2D eigenvalue weighted by molar-refractivity contribution is 6.31. The first kappa shape index (κ1) is 18.1. The predicted octanol–water partition coefficient (Wildman–Crippen LogP) is 3.45. The van der Waals surface area contributed by atoms with Gasteiger partial charge < -0.3 is 20.3 Å². The smallest absolute Gasteiger partial charge is 0.319 e. The lowest BCUT2D eigenvalue weighted by atomic mass is 10.2. The third kappa shape index (κ3) is 3.75. The van der Waals surface area contributed by atoms with E-state index in [2.05, 4.69) is 10.6 Å². The normalized spacial score (nSPS) is 13.7. The molecular weight excluding hydrogens is 354 g/mol. The average Bonchev–Trinajstić information content (AvgIpc) is 3.05. The number of carbonyl (C=O) groups excluding carboxylic acids is 2. The van der Waals surface area contributed by atoms with Crippen LogP contribution in [0.25, 0.3) is 0 Å². The molecule has 0 bridgehead atoms. The van der Waals surface area contributed by atoms with Crippen molar-refractivity contribution in [2.75, 3.05) is 23.9 Å². The molecule has 0 saturated carbocycles. The summed E-state index contributed by atoms with van der Waals surface area (Å²) in [5.74, 6) is 0.333. The van der Waals surface area contributed by atoms with Crippen LogP contribution in [0.5, 0.6) is 5.75 Å². The van der Waals surface area contributed by atoms with Gasteiger partial charge in [0.1, 0.15) is 11.8 Å². The van der Waals surface area contributed by atoms with Crippen LogP contribution in [-0.2, 0) is 11.2 Å². The number of anilines is 2. The second kappa shape index (κ2) is 7.66. The maximum absolute atomic E-state index is 12.7. The third-order valence-corrected chi connectivity index (χ3v) is 4.52. The van der Waals surface area contributed by atoms with Crippen LogP contribution in [0.4, 0.5) is 16.2 Å². The highest BCUT2D eigenvalue weighted by Crippen LogP contribution is 2.29. The monoisotopic (exact) mass is 373 g/mol. The molecule has 26 heavy (non-hydrogen) atoms. The summed E-state index contributed by atoms with van der Waals surface area (Å²) in [6.07, 6.45) is 0.820. The Kier molecular flexibility index (Phi) is 5.32. The van der Waals surface area contributed by atoms with Crippen molar-refractivity contribution < 1.29 is 14.3 Å². The van der Waals surface area contributed by atoms with Gasteiger partial charge in [-0.1, -0.05) is 29.8 Å². The molecule has 1 heterocycles. The van der Waals surface area contributed by atoms with E-state index in [0.717, 1.165) is 17.7 Å². The van der Waals surface area contributed by atoms with E-state index < -0.39 is 12.1 Å². The predicted molar refractivity (Wildman–Crippen MR) is 102 cm³/mol. The van der Waals surface area contributed by atoms with Gasteiger partial charge in [0.25, 0.3) is 0 Å². The van der Waals surface area contributed by atoms with Crippen LogP contribution < -0.4 is 20.3 Å². The molecule has 3 rings (SSSR count). The number of ether oxygens (including phenoxy) is 1. The minimum atomic E-state index is -0.675. The van der Waals surface area contributed by atoms with Gasteiger partial charge in [-0.3, -0.25) is 4.79 Å². The van der Waals surface area contributed by atoms with Crippen LogP contribution in [-0.4, -0.2) is 31.6 Å². The van der Waals surface area contributed by atoms with E-state index in [-0.39, 0.29) is 5.91 Å². The molecule has 0 radical (unpaired) electrons. The molecular formula is C19H20ClN3O3. The van der Waals surface area contributed by atoms with E-state index >= 15 is 0 Å². The van der Waals surface area contributed by atoms with Gasteiger partial charge in [-0.05, 0) is 43.2 Å². The van der Waals surface area contributed by atoms with Crippen molar-refractivity contribution in [2.45, 2.75) is 19.4 Å². The first-order valence-corrected chi connectivity index (χ1v) is 8.67. The zero-order valence-electron chi connectivity index (χ0n) is 14.6. The number of para-hydroxylation sites is 1. The number of benzene rings is 2. The molecule has 2 aromatic carbocycles. The minimum absolute atomic E-state index is 0.150. The molecule has 2 N–H and O–H groups in total. The summed E-state index contributed by atoms with van der Waals surface area (Å²) < 4.78 is 5.20. The molecule has 7 heteroatoms. The molecule has 136 valence electrons. The molecule has 2 aromatic rings. The van der Waals surface area contributed by atoms with E-state index in [1.54, 1.807) is 30.0 Å². The summed E-state index contributed by atoms with van der Waals surface area (Å²) >= 11 is 5.96. The quantitative estimate of drug-likeness (QED) is 0.862. The molecule has 1 unspecified atom stereocenters. The number of amides is 3. The number of hydrogen-bond acceptors (Lipinski definition) is 3. The Morgan fingerprint density at radius 2 is 2.00 bits per heavy atom. The molecule has 1 atom stereocenters. The van der Waals surface area contributed by atoms with Crippen LogP contribution in [0.3, 0.4) is 0 Å². The number of halogens is 1. The van der Waals surface area contributed by atoms with Crippen LogP contribution in [0.15, 0.2) is 42.5 Å². The Hall–Kier alpha value is -2.73. The number of nitrogens with zero attached hydrogens (tertiary/aromatic N) is 1. The van der Waals surface area contributed by atoms with Gasteiger partial charge in [-0.15, -0.1) is 0 Å². The first-order valence-electron chi connectivity index (χ1n) is 8.30. The standard InChI is InChI=1S/C19H20ClN3O3/c1-12(18(24)23-10-9-13-5-3-4-6-16(13)23)21-19(25)22-15-11-14(20)7-8-17(15)26-2/h3-8,11-12H,9-10H2,1-2H3,(H2,21,22,25).